The van der Waals surface area contributed by atoms with E-state index < -0.39 is 10.2 Å². The molecule has 0 radical (unpaired) electrons. The first-order valence-electron chi connectivity index (χ1n) is 7.96. The topological polar surface area (TPSA) is 66.0 Å². The minimum atomic E-state index is -3.39. The normalized spacial score (nSPS) is 29.0. The minimum Gasteiger partial charge on any atom is -0.373 e. The van der Waals surface area contributed by atoms with Gasteiger partial charge in [-0.25, -0.2) is 4.98 Å². The Morgan fingerprint density at radius 1 is 1.17 bits per heavy atom. The number of hydrogen-bond acceptors (Lipinski definition) is 6. The predicted molar refractivity (Wildman–Crippen MR) is 89.5 cm³/mol. The highest BCUT2D eigenvalue weighted by Crippen LogP contribution is 2.19. The molecule has 0 saturated carbocycles. The first-order chi connectivity index (χ1) is 10.9. The van der Waals surface area contributed by atoms with E-state index in [2.05, 4.69) is 9.88 Å². The van der Waals surface area contributed by atoms with Crippen molar-refractivity contribution in [3.8, 4) is 0 Å². The summed E-state index contributed by atoms with van der Waals surface area (Å²) in [5.74, 6) is 0. The van der Waals surface area contributed by atoms with Gasteiger partial charge in [0, 0.05) is 50.8 Å². The number of nitrogens with zero attached hydrogens (tertiary/aromatic N) is 4. The Kier molecular flexibility index (Phi) is 5.34. The molecule has 0 N–H and O–H groups in total. The van der Waals surface area contributed by atoms with Crippen LogP contribution >= 0.6 is 11.3 Å². The molecule has 130 valence electrons. The lowest BCUT2D eigenvalue weighted by atomic mass is 10.3. The summed E-state index contributed by atoms with van der Waals surface area (Å²) in [5.41, 5.74) is 0. The van der Waals surface area contributed by atoms with Crippen molar-refractivity contribution in [3.05, 3.63) is 16.6 Å². The third-order valence-corrected chi connectivity index (χ3v) is 6.95. The zero-order valence-electron chi connectivity index (χ0n) is 13.6. The van der Waals surface area contributed by atoms with Crippen molar-refractivity contribution in [2.45, 2.75) is 32.6 Å². The summed E-state index contributed by atoms with van der Waals surface area (Å²) in [4.78, 5) is 6.55. The average molecular weight is 361 g/mol. The number of piperazine rings is 1. The van der Waals surface area contributed by atoms with Gasteiger partial charge in [-0.05, 0) is 13.8 Å². The fraction of sp³-hybridized carbons (Fsp3) is 0.786. The van der Waals surface area contributed by atoms with Gasteiger partial charge in [-0.1, -0.05) is 0 Å². The maximum Gasteiger partial charge on any atom is 0.282 e. The lowest BCUT2D eigenvalue weighted by molar-refractivity contribution is -0.0457. The number of aromatic nitrogens is 1. The van der Waals surface area contributed by atoms with Crippen molar-refractivity contribution >= 4 is 21.5 Å². The van der Waals surface area contributed by atoms with Gasteiger partial charge in [0.05, 0.1) is 18.8 Å². The number of rotatable bonds is 4. The first kappa shape index (κ1) is 17.2. The summed E-state index contributed by atoms with van der Waals surface area (Å²) in [7, 11) is -3.39. The predicted octanol–water partition coefficient (Wildman–Crippen LogP) is 0.615. The molecular formula is C14H24N4O3S2. The molecule has 9 heteroatoms. The van der Waals surface area contributed by atoms with Crippen molar-refractivity contribution in [2.75, 3.05) is 39.3 Å². The molecule has 1 aromatic heterocycles. The smallest absolute Gasteiger partial charge is 0.282 e. The summed E-state index contributed by atoms with van der Waals surface area (Å²) in [6.45, 7) is 8.08. The van der Waals surface area contributed by atoms with Crippen LogP contribution in [0.25, 0.3) is 0 Å². The molecule has 3 heterocycles. The molecule has 0 spiro atoms. The van der Waals surface area contributed by atoms with Crippen molar-refractivity contribution in [1.82, 2.24) is 18.5 Å². The molecule has 2 aliphatic rings. The summed E-state index contributed by atoms with van der Waals surface area (Å²) < 4.78 is 34.5. The molecule has 2 atom stereocenters. The van der Waals surface area contributed by atoms with Gasteiger partial charge in [-0.15, -0.1) is 11.3 Å². The van der Waals surface area contributed by atoms with Crippen LogP contribution in [-0.4, -0.2) is 78.4 Å². The Labute approximate surface area is 142 Å². The highest BCUT2D eigenvalue weighted by molar-refractivity contribution is 7.86. The molecular weight excluding hydrogens is 336 g/mol. The van der Waals surface area contributed by atoms with E-state index in [1.54, 1.807) is 19.9 Å². The summed E-state index contributed by atoms with van der Waals surface area (Å²) in [5, 5.41) is 3.05. The van der Waals surface area contributed by atoms with Crippen LogP contribution in [0.5, 0.6) is 0 Å². The molecule has 2 aliphatic heterocycles. The Morgan fingerprint density at radius 2 is 1.83 bits per heavy atom. The lowest BCUT2D eigenvalue weighted by Crippen LogP contribution is -2.56. The third-order valence-electron chi connectivity index (χ3n) is 4.21. The van der Waals surface area contributed by atoms with Crippen LogP contribution in [0.1, 0.15) is 18.9 Å². The standard InChI is InChI=1S/C14H24N4O3S2/c1-12-9-18(10-13(2)21-12)23(19,20)17-6-4-16(5-7-17)11-14-15-3-8-22-14/h3,8,12-13H,4-7,9-11H2,1-2H3. The van der Waals surface area contributed by atoms with Gasteiger partial charge in [0.2, 0.25) is 0 Å². The van der Waals surface area contributed by atoms with E-state index in [0.717, 1.165) is 24.6 Å². The highest BCUT2D eigenvalue weighted by Gasteiger charge is 2.36. The van der Waals surface area contributed by atoms with E-state index in [1.807, 2.05) is 25.4 Å². The van der Waals surface area contributed by atoms with Gasteiger partial charge in [0.25, 0.3) is 10.2 Å². The van der Waals surface area contributed by atoms with Crippen LogP contribution in [0.2, 0.25) is 0 Å². The highest BCUT2D eigenvalue weighted by atomic mass is 32.2. The second-order valence-electron chi connectivity index (χ2n) is 6.18. The quantitative estimate of drug-likeness (QED) is 0.787. The maximum absolute atomic E-state index is 12.8. The second kappa shape index (κ2) is 7.12. The Hall–Kier alpha value is -0.580. The molecule has 2 unspecified atom stereocenters. The Balaban J connectivity index is 1.57. The molecule has 0 amide bonds. The zero-order chi connectivity index (χ0) is 16.4. The van der Waals surface area contributed by atoms with Gasteiger partial charge in [0.1, 0.15) is 5.01 Å². The van der Waals surface area contributed by atoms with E-state index in [0.29, 0.717) is 26.2 Å². The molecule has 7 nitrogen and oxygen atoms in total. The monoisotopic (exact) mass is 360 g/mol. The molecule has 0 bridgehead atoms. The van der Waals surface area contributed by atoms with Crippen molar-refractivity contribution < 1.29 is 13.2 Å². The van der Waals surface area contributed by atoms with Gasteiger partial charge in [-0.3, -0.25) is 4.90 Å². The van der Waals surface area contributed by atoms with Gasteiger partial charge in [0.15, 0.2) is 0 Å². The van der Waals surface area contributed by atoms with E-state index in [1.165, 1.54) is 0 Å². The lowest BCUT2D eigenvalue weighted by Gasteiger charge is -2.40. The van der Waals surface area contributed by atoms with Gasteiger partial charge >= 0.3 is 0 Å². The van der Waals surface area contributed by atoms with Gasteiger partial charge < -0.3 is 4.74 Å². The van der Waals surface area contributed by atoms with Crippen LogP contribution in [0.3, 0.4) is 0 Å². The summed E-state index contributed by atoms with van der Waals surface area (Å²) >= 11 is 1.64. The van der Waals surface area contributed by atoms with Crippen molar-refractivity contribution in [1.29, 1.82) is 0 Å². The van der Waals surface area contributed by atoms with Crippen molar-refractivity contribution in [3.63, 3.8) is 0 Å². The van der Waals surface area contributed by atoms with Crippen LogP contribution in [0.4, 0.5) is 0 Å². The fourth-order valence-corrected chi connectivity index (χ4v) is 5.53. The summed E-state index contributed by atoms with van der Waals surface area (Å²) in [6, 6.07) is 0. The van der Waals surface area contributed by atoms with E-state index in [-0.39, 0.29) is 12.2 Å². The number of thiazole rings is 1. The molecule has 23 heavy (non-hydrogen) atoms. The number of hydrogen-bond donors (Lipinski definition) is 0. The van der Waals surface area contributed by atoms with Crippen LogP contribution in [0.15, 0.2) is 11.6 Å². The Bertz CT molecular complexity index is 590. The number of morpholine rings is 1. The SMILES string of the molecule is CC1CN(S(=O)(=O)N2CCN(Cc3nccs3)CC2)CC(C)O1. The van der Waals surface area contributed by atoms with Crippen LogP contribution in [0, 0.1) is 0 Å². The molecule has 0 aromatic carbocycles. The van der Waals surface area contributed by atoms with Crippen LogP contribution < -0.4 is 0 Å². The van der Waals surface area contributed by atoms with Crippen molar-refractivity contribution in [2.24, 2.45) is 0 Å². The molecule has 2 saturated heterocycles. The van der Waals surface area contributed by atoms with E-state index >= 15 is 0 Å². The van der Waals surface area contributed by atoms with E-state index in [9.17, 15) is 8.42 Å². The van der Waals surface area contributed by atoms with Crippen LogP contribution in [-0.2, 0) is 21.5 Å². The van der Waals surface area contributed by atoms with E-state index in [4.69, 9.17) is 4.74 Å². The fourth-order valence-electron chi connectivity index (χ4n) is 3.12. The largest absolute Gasteiger partial charge is 0.373 e. The summed E-state index contributed by atoms with van der Waals surface area (Å²) in [6.07, 6.45) is 1.70. The zero-order valence-corrected chi connectivity index (χ0v) is 15.2. The molecule has 1 aromatic rings. The number of ether oxygens (including phenoxy) is 1. The molecule has 3 rings (SSSR count). The second-order valence-corrected chi connectivity index (χ2v) is 9.09. The first-order valence-corrected chi connectivity index (χ1v) is 10.2. The minimum absolute atomic E-state index is 0.0558. The Morgan fingerprint density at radius 3 is 2.39 bits per heavy atom. The maximum atomic E-state index is 12.8. The average Bonchev–Trinajstić information content (AvgIpc) is 3.00. The molecule has 2 fully saturated rings. The third kappa shape index (κ3) is 4.09. The van der Waals surface area contributed by atoms with Gasteiger partial charge in [-0.2, -0.15) is 17.0 Å². The molecule has 0 aliphatic carbocycles.